The van der Waals surface area contributed by atoms with Gasteiger partial charge in [0.1, 0.15) is 12.4 Å². The number of aromatic amines is 1. The number of ether oxygens (including phenoxy) is 3. The first-order valence-corrected chi connectivity index (χ1v) is 9.79. The van der Waals surface area contributed by atoms with E-state index in [2.05, 4.69) is 15.3 Å². The Kier molecular flexibility index (Phi) is 7.02. The molecule has 3 aromatic rings. The highest BCUT2D eigenvalue weighted by molar-refractivity contribution is 7.71. The van der Waals surface area contributed by atoms with Crippen molar-refractivity contribution in [1.29, 1.82) is 0 Å². The Bertz CT molecular complexity index is 1010. The van der Waals surface area contributed by atoms with Gasteiger partial charge < -0.3 is 14.2 Å². The molecule has 0 radical (unpaired) electrons. The highest BCUT2D eigenvalue weighted by atomic mass is 32.1. The molecule has 0 aliphatic rings. The summed E-state index contributed by atoms with van der Waals surface area (Å²) in [4.78, 5) is 0. The lowest BCUT2D eigenvalue weighted by molar-refractivity contribution is 0.224. The van der Waals surface area contributed by atoms with Gasteiger partial charge in [-0.3, -0.25) is 0 Å². The van der Waals surface area contributed by atoms with Crippen molar-refractivity contribution in [3.05, 3.63) is 64.7 Å². The molecule has 2 aromatic carbocycles. The summed E-state index contributed by atoms with van der Waals surface area (Å²) >= 11 is 5.29. The standard InChI is InChI=1S/C21H24N4O3S/c1-4-26-19-12-16(10-11-18(19)28-15(2)3)13-22-25-20(23-24-21(25)29)14-27-17-8-6-5-7-9-17/h5-13,15H,4,14H2,1-3H3,(H,24,29)/b22-13-. The molecule has 0 saturated heterocycles. The molecule has 0 amide bonds. The second kappa shape index (κ2) is 9.88. The minimum Gasteiger partial charge on any atom is -0.490 e. The molecule has 152 valence electrons. The number of nitrogens with one attached hydrogen (secondary N) is 1. The predicted octanol–water partition coefficient (Wildman–Crippen LogP) is 4.59. The summed E-state index contributed by atoms with van der Waals surface area (Å²) in [7, 11) is 0. The molecule has 0 bridgehead atoms. The summed E-state index contributed by atoms with van der Waals surface area (Å²) in [6.45, 7) is 6.67. The lowest BCUT2D eigenvalue weighted by Gasteiger charge is -2.14. The van der Waals surface area contributed by atoms with Gasteiger partial charge in [-0.05, 0) is 68.9 Å². The van der Waals surface area contributed by atoms with Crippen LogP contribution in [0.4, 0.5) is 0 Å². The molecule has 0 atom stereocenters. The fourth-order valence-electron chi connectivity index (χ4n) is 2.55. The number of rotatable bonds is 9. The molecule has 1 N–H and O–H groups in total. The van der Waals surface area contributed by atoms with Gasteiger partial charge >= 0.3 is 0 Å². The average molecular weight is 413 g/mol. The quantitative estimate of drug-likeness (QED) is 0.411. The van der Waals surface area contributed by atoms with Crippen molar-refractivity contribution in [2.75, 3.05) is 6.61 Å². The summed E-state index contributed by atoms with van der Waals surface area (Å²) < 4.78 is 19.2. The van der Waals surface area contributed by atoms with Crippen LogP contribution in [0.3, 0.4) is 0 Å². The number of H-pyrrole nitrogens is 1. The van der Waals surface area contributed by atoms with E-state index < -0.39 is 0 Å². The van der Waals surface area contributed by atoms with Crippen molar-refractivity contribution in [3.63, 3.8) is 0 Å². The van der Waals surface area contributed by atoms with Gasteiger partial charge in [-0.1, -0.05) is 18.2 Å². The van der Waals surface area contributed by atoms with Gasteiger partial charge in [-0.2, -0.15) is 14.9 Å². The topological polar surface area (TPSA) is 73.7 Å². The van der Waals surface area contributed by atoms with Crippen LogP contribution in [0, 0.1) is 4.77 Å². The highest BCUT2D eigenvalue weighted by Gasteiger charge is 2.09. The maximum atomic E-state index is 5.79. The van der Waals surface area contributed by atoms with Gasteiger partial charge in [0.25, 0.3) is 0 Å². The third-order valence-corrected chi connectivity index (χ3v) is 4.05. The van der Waals surface area contributed by atoms with Crippen LogP contribution in [0.2, 0.25) is 0 Å². The Balaban J connectivity index is 1.78. The zero-order chi connectivity index (χ0) is 20.6. The Morgan fingerprint density at radius 2 is 1.93 bits per heavy atom. The van der Waals surface area contributed by atoms with Gasteiger partial charge in [0, 0.05) is 0 Å². The van der Waals surface area contributed by atoms with E-state index in [9.17, 15) is 0 Å². The molecule has 3 rings (SSSR count). The zero-order valence-corrected chi connectivity index (χ0v) is 17.5. The predicted molar refractivity (Wildman–Crippen MR) is 115 cm³/mol. The average Bonchev–Trinajstić information content (AvgIpc) is 3.06. The molecule has 8 heteroatoms. The third kappa shape index (κ3) is 5.68. The minimum atomic E-state index is 0.0603. The maximum absolute atomic E-state index is 5.79. The second-order valence-electron chi connectivity index (χ2n) is 6.41. The summed E-state index contributed by atoms with van der Waals surface area (Å²) in [6.07, 6.45) is 1.75. The van der Waals surface area contributed by atoms with Crippen LogP contribution in [-0.2, 0) is 6.61 Å². The molecule has 1 aromatic heterocycles. The molecule has 0 spiro atoms. The number of hydrogen-bond acceptors (Lipinski definition) is 6. The Morgan fingerprint density at radius 1 is 1.14 bits per heavy atom. The van der Waals surface area contributed by atoms with Gasteiger partial charge in [-0.15, -0.1) is 0 Å². The molecule has 0 fully saturated rings. The van der Waals surface area contributed by atoms with Crippen LogP contribution in [0.1, 0.15) is 32.2 Å². The van der Waals surface area contributed by atoms with E-state index in [4.69, 9.17) is 26.4 Å². The fraction of sp³-hybridized carbons (Fsp3) is 0.286. The fourth-order valence-corrected chi connectivity index (χ4v) is 2.75. The lowest BCUT2D eigenvalue weighted by Crippen LogP contribution is -2.07. The van der Waals surface area contributed by atoms with Crippen molar-refractivity contribution in [2.24, 2.45) is 5.10 Å². The first-order chi connectivity index (χ1) is 14.1. The van der Waals surface area contributed by atoms with Crippen molar-refractivity contribution in [3.8, 4) is 17.2 Å². The van der Waals surface area contributed by atoms with Crippen LogP contribution in [0.5, 0.6) is 17.2 Å². The maximum Gasteiger partial charge on any atom is 0.216 e. The smallest absolute Gasteiger partial charge is 0.216 e. The Morgan fingerprint density at radius 3 is 2.66 bits per heavy atom. The summed E-state index contributed by atoms with van der Waals surface area (Å²) in [5, 5.41) is 11.4. The first-order valence-electron chi connectivity index (χ1n) is 9.38. The molecule has 0 saturated carbocycles. The largest absolute Gasteiger partial charge is 0.490 e. The van der Waals surface area contributed by atoms with Crippen molar-refractivity contribution < 1.29 is 14.2 Å². The number of hydrogen-bond donors (Lipinski definition) is 1. The number of aromatic nitrogens is 3. The van der Waals surface area contributed by atoms with Crippen LogP contribution in [0.15, 0.2) is 53.6 Å². The summed E-state index contributed by atoms with van der Waals surface area (Å²) in [5.41, 5.74) is 0.850. The molecule has 7 nitrogen and oxygen atoms in total. The lowest BCUT2D eigenvalue weighted by atomic mass is 10.2. The normalized spacial score (nSPS) is 11.2. The van der Waals surface area contributed by atoms with E-state index >= 15 is 0 Å². The second-order valence-corrected chi connectivity index (χ2v) is 6.80. The van der Waals surface area contributed by atoms with E-state index in [1.165, 1.54) is 4.68 Å². The highest BCUT2D eigenvalue weighted by Crippen LogP contribution is 2.29. The zero-order valence-electron chi connectivity index (χ0n) is 16.7. The van der Waals surface area contributed by atoms with Gasteiger partial charge in [0.2, 0.25) is 4.77 Å². The molecule has 0 aliphatic heterocycles. The van der Waals surface area contributed by atoms with Crippen molar-refractivity contribution >= 4 is 18.4 Å². The number of nitrogens with zero attached hydrogens (tertiary/aromatic N) is 3. The molecule has 29 heavy (non-hydrogen) atoms. The third-order valence-electron chi connectivity index (χ3n) is 3.78. The number of para-hydroxylation sites is 1. The van der Waals surface area contributed by atoms with E-state index in [1.54, 1.807) is 6.21 Å². The molecular formula is C21H24N4O3S. The monoisotopic (exact) mass is 412 g/mol. The van der Waals surface area contributed by atoms with Crippen LogP contribution in [-0.4, -0.2) is 33.8 Å². The molecule has 0 aliphatic carbocycles. The van der Waals surface area contributed by atoms with E-state index in [0.717, 1.165) is 11.3 Å². The van der Waals surface area contributed by atoms with Crippen LogP contribution >= 0.6 is 12.2 Å². The minimum absolute atomic E-state index is 0.0603. The van der Waals surface area contributed by atoms with Crippen molar-refractivity contribution in [2.45, 2.75) is 33.5 Å². The van der Waals surface area contributed by atoms with E-state index in [-0.39, 0.29) is 12.7 Å². The number of benzene rings is 2. The van der Waals surface area contributed by atoms with Gasteiger partial charge in [0.15, 0.2) is 17.3 Å². The summed E-state index contributed by atoms with van der Waals surface area (Å²) in [6, 6.07) is 15.2. The molecule has 1 heterocycles. The van der Waals surface area contributed by atoms with E-state index in [1.807, 2.05) is 69.3 Å². The van der Waals surface area contributed by atoms with Gasteiger partial charge in [-0.25, -0.2) is 5.10 Å². The Hall–Kier alpha value is -3.13. The SMILES string of the molecule is CCOc1cc(/C=N\n2c(COc3ccccc3)n[nH]c2=S)ccc1OC(C)C. The van der Waals surface area contributed by atoms with Crippen LogP contribution < -0.4 is 14.2 Å². The van der Waals surface area contributed by atoms with Crippen molar-refractivity contribution in [1.82, 2.24) is 14.9 Å². The van der Waals surface area contributed by atoms with Crippen LogP contribution in [0.25, 0.3) is 0 Å². The molecule has 0 unspecified atom stereocenters. The Labute approximate surface area is 174 Å². The first kappa shape index (κ1) is 20.6. The summed E-state index contributed by atoms with van der Waals surface area (Å²) in [5.74, 6) is 2.70. The van der Waals surface area contributed by atoms with E-state index in [0.29, 0.717) is 28.7 Å². The molecular weight excluding hydrogens is 388 g/mol. The van der Waals surface area contributed by atoms with Gasteiger partial charge in [0.05, 0.1) is 18.9 Å².